The van der Waals surface area contributed by atoms with Crippen LogP contribution in [0.15, 0.2) is 0 Å². The number of carbonyl (C=O) groups is 2. The third-order valence-electron chi connectivity index (χ3n) is 3.34. The minimum Gasteiger partial charge on any atom is -0.481 e. The first-order valence-corrected chi connectivity index (χ1v) is 7.70. The molecule has 0 aliphatic carbocycles. The minimum absolute atomic E-state index is 0.00696. The number of aliphatic carboxylic acids is 1. The molecule has 2 amide bonds. The summed E-state index contributed by atoms with van der Waals surface area (Å²) in [5.41, 5.74) is 0. The summed E-state index contributed by atoms with van der Waals surface area (Å²) in [6.45, 7) is 9.37. The molecular weight excluding hydrogens is 256 g/mol. The van der Waals surface area contributed by atoms with Gasteiger partial charge in [0.2, 0.25) is 0 Å². The van der Waals surface area contributed by atoms with E-state index < -0.39 is 5.97 Å². The molecule has 0 aromatic heterocycles. The smallest absolute Gasteiger partial charge is 0.317 e. The maximum absolute atomic E-state index is 12.1. The highest BCUT2D eigenvalue weighted by atomic mass is 16.4. The van der Waals surface area contributed by atoms with Crippen LogP contribution >= 0.6 is 0 Å². The highest BCUT2D eigenvalue weighted by molar-refractivity contribution is 5.74. The van der Waals surface area contributed by atoms with Gasteiger partial charge < -0.3 is 15.3 Å². The number of amides is 2. The van der Waals surface area contributed by atoms with Crippen molar-refractivity contribution in [1.29, 1.82) is 0 Å². The van der Waals surface area contributed by atoms with Crippen LogP contribution in [0.3, 0.4) is 0 Å². The molecule has 0 spiro atoms. The normalized spacial score (nSPS) is 13.6. The van der Waals surface area contributed by atoms with Gasteiger partial charge >= 0.3 is 12.0 Å². The molecule has 0 aliphatic heterocycles. The Labute approximate surface area is 122 Å². The van der Waals surface area contributed by atoms with Crippen LogP contribution in [0.4, 0.5) is 4.79 Å². The van der Waals surface area contributed by atoms with E-state index in [2.05, 4.69) is 19.2 Å². The second-order valence-corrected chi connectivity index (χ2v) is 5.51. The Bertz CT molecular complexity index is 289. The van der Waals surface area contributed by atoms with Crippen molar-refractivity contribution in [3.8, 4) is 0 Å². The van der Waals surface area contributed by atoms with Gasteiger partial charge in [0, 0.05) is 19.1 Å². The lowest BCUT2D eigenvalue weighted by atomic mass is 10.0. The average molecular weight is 286 g/mol. The summed E-state index contributed by atoms with van der Waals surface area (Å²) in [5, 5.41) is 11.8. The van der Waals surface area contributed by atoms with Crippen LogP contribution in [-0.2, 0) is 4.79 Å². The molecule has 20 heavy (non-hydrogen) atoms. The van der Waals surface area contributed by atoms with Crippen LogP contribution in [0.25, 0.3) is 0 Å². The molecule has 0 radical (unpaired) electrons. The highest BCUT2D eigenvalue weighted by Gasteiger charge is 2.15. The van der Waals surface area contributed by atoms with Gasteiger partial charge in [0.1, 0.15) is 0 Å². The second-order valence-electron chi connectivity index (χ2n) is 5.51. The van der Waals surface area contributed by atoms with E-state index in [1.54, 1.807) is 6.92 Å². The zero-order valence-corrected chi connectivity index (χ0v) is 13.3. The summed E-state index contributed by atoms with van der Waals surface area (Å²) in [6.07, 6.45) is 4.20. The van der Waals surface area contributed by atoms with E-state index in [0.29, 0.717) is 6.42 Å². The van der Waals surface area contributed by atoms with Gasteiger partial charge in [-0.3, -0.25) is 4.79 Å². The molecule has 118 valence electrons. The number of carboxylic acid groups (broad SMARTS) is 1. The molecule has 2 unspecified atom stereocenters. The fourth-order valence-electron chi connectivity index (χ4n) is 2.08. The Morgan fingerprint density at radius 1 is 1.10 bits per heavy atom. The van der Waals surface area contributed by atoms with E-state index in [-0.39, 0.29) is 18.0 Å². The van der Waals surface area contributed by atoms with Crippen molar-refractivity contribution in [2.75, 3.05) is 13.1 Å². The zero-order chi connectivity index (χ0) is 15.5. The molecule has 0 heterocycles. The molecular formula is C15H30N2O3. The lowest BCUT2D eigenvalue weighted by Gasteiger charge is -2.24. The molecule has 0 aromatic carbocycles. The Kier molecular flexibility index (Phi) is 9.86. The van der Waals surface area contributed by atoms with Crippen LogP contribution in [0, 0.1) is 5.92 Å². The van der Waals surface area contributed by atoms with Gasteiger partial charge in [-0.15, -0.1) is 0 Å². The number of hydrogen-bond acceptors (Lipinski definition) is 2. The average Bonchev–Trinajstić information content (AvgIpc) is 2.38. The maximum atomic E-state index is 12.1. The van der Waals surface area contributed by atoms with Crippen LogP contribution < -0.4 is 5.32 Å². The van der Waals surface area contributed by atoms with Crippen molar-refractivity contribution in [2.45, 2.75) is 65.8 Å². The van der Waals surface area contributed by atoms with Crippen LogP contribution in [0.5, 0.6) is 0 Å². The lowest BCUT2D eigenvalue weighted by molar-refractivity contribution is -0.141. The van der Waals surface area contributed by atoms with Gasteiger partial charge in [0.25, 0.3) is 0 Å². The minimum atomic E-state index is -0.751. The first kappa shape index (κ1) is 18.7. The topological polar surface area (TPSA) is 69.6 Å². The number of nitrogens with zero attached hydrogens (tertiary/aromatic N) is 1. The predicted molar refractivity (Wildman–Crippen MR) is 80.8 cm³/mol. The SMILES string of the molecule is CCCN(CCC)C(=O)NC(C)CCCC(C)C(=O)O. The molecule has 0 bridgehead atoms. The third-order valence-corrected chi connectivity index (χ3v) is 3.34. The van der Waals surface area contributed by atoms with E-state index in [1.165, 1.54) is 0 Å². The van der Waals surface area contributed by atoms with E-state index in [0.717, 1.165) is 38.8 Å². The Morgan fingerprint density at radius 3 is 2.10 bits per heavy atom. The van der Waals surface area contributed by atoms with Gasteiger partial charge in [-0.2, -0.15) is 0 Å². The van der Waals surface area contributed by atoms with E-state index >= 15 is 0 Å². The van der Waals surface area contributed by atoms with Crippen molar-refractivity contribution in [2.24, 2.45) is 5.92 Å². The van der Waals surface area contributed by atoms with Gasteiger partial charge in [0.05, 0.1) is 5.92 Å². The van der Waals surface area contributed by atoms with E-state index in [9.17, 15) is 9.59 Å². The highest BCUT2D eigenvalue weighted by Crippen LogP contribution is 2.10. The Morgan fingerprint density at radius 2 is 1.65 bits per heavy atom. The van der Waals surface area contributed by atoms with Crippen molar-refractivity contribution in [3.05, 3.63) is 0 Å². The van der Waals surface area contributed by atoms with Crippen LogP contribution in [0.2, 0.25) is 0 Å². The lowest BCUT2D eigenvalue weighted by Crippen LogP contribution is -2.44. The van der Waals surface area contributed by atoms with Crippen molar-refractivity contribution >= 4 is 12.0 Å². The molecule has 0 aliphatic rings. The van der Waals surface area contributed by atoms with Crippen molar-refractivity contribution in [3.63, 3.8) is 0 Å². The van der Waals surface area contributed by atoms with E-state index in [4.69, 9.17) is 5.11 Å². The maximum Gasteiger partial charge on any atom is 0.317 e. The quantitative estimate of drug-likeness (QED) is 0.648. The summed E-state index contributed by atoms with van der Waals surface area (Å²) >= 11 is 0. The van der Waals surface area contributed by atoms with Gasteiger partial charge in [0.15, 0.2) is 0 Å². The fourth-order valence-corrected chi connectivity index (χ4v) is 2.08. The number of urea groups is 1. The van der Waals surface area contributed by atoms with Gasteiger partial charge in [-0.1, -0.05) is 27.2 Å². The summed E-state index contributed by atoms with van der Waals surface area (Å²) in [4.78, 5) is 24.6. The van der Waals surface area contributed by atoms with E-state index in [1.807, 2.05) is 11.8 Å². The second kappa shape index (κ2) is 10.5. The molecule has 0 fully saturated rings. The van der Waals surface area contributed by atoms with Crippen molar-refractivity contribution in [1.82, 2.24) is 10.2 Å². The standard InChI is InChI=1S/C15H30N2O3/c1-5-10-17(11-6-2)15(20)16-13(4)9-7-8-12(3)14(18)19/h12-13H,5-11H2,1-4H3,(H,16,20)(H,18,19). The van der Waals surface area contributed by atoms with Crippen molar-refractivity contribution < 1.29 is 14.7 Å². The third kappa shape index (κ3) is 8.02. The molecule has 2 atom stereocenters. The Balaban J connectivity index is 4.01. The molecule has 0 aromatic rings. The predicted octanol–water partition coefficient (Wildman–Crippen LogP) is 3.10. The summed E-state index contributed by atoms with van der Waals surface area (Å²) in [6, 6.07) is 0.0761. The first-order valence-electron chi connectivity index (χ1n) is 7.70. The van der Waals surface area contributed by atoms with Crippen LogP contribution in [0.1, 0.15) is 59.8 Å². The molecule has 0 saturated carbocycles. The molecule has 0 saturated heterocycles. The molecule has 0 rings (SSSR count). The number of carboxylic acids is 1. The summed E-state index contributed by atoms with van der Waals surface area (Å²) < 4.78 is 0. The largest absolute Gasteiger partial charge is 0.481 e. The van der Waals surface area contributed by atoms with Crippen LogP contribution in [-0.4, -0.2) is 41.1 Å². The number of rotatable bonds is 10. The molecule has 2 N–H and O–H groups in total. The Hall–Kier alpha value is -1.26. The van der Waals surface area contributed by atoms with Gasteiger partial charge in [-0.25, -0.2) is 4.79 Å². The fraction of sp³-hybridized carbons (Fsp3) is 0.867. The summed E-state index contributed by atoms with van der Waals surface area (Å²) in [5.74, 6) is -1.06. The molecule has 5 heteroatoms. The number of nitrogens with one attached hydrogen (secondary N) is 1. The zero-order valence-electron chi connectivity index (χ0n) is 13.3. The number of carbonyl (C=O) groups excluding carboxylic acids is 1. The van der Waals surface area contributed by atoms with Gasteiger partial charge in [-0.05, 0) is 32.6 Å². The first-order chi connectivity index (χ1) is 9.42. The monoisotopic (exact) mass is 286 g/mol. The summed E-state index contributed by atoms with van der Waals surface area (Å²) in [7, 11) is 0. The molecule has 5 nitrogen and oxygen atoms in total. The number of hydrogen-bond donors (Lipinski definition) is 2.